The molecule has 1 fully saturated rings. The number of nitrogens with zero attached hydrogens (tertiary/aromatic N) is 5. The third kappa shape index (κ3) is 2.58. The van der Waals surface area contributed by atoms with Gasteiger partial charge in [0.1, 0.15) is 11.0 Å². The van der Waals surface area contributed by atoms with Crippen molar-refractivity contribution in [3.8, 4) is 0 Å². The van der Waals surface area contributed by atoms with Crippen molar-refractivity contribution in [2.75, 3.05) is 6.54 Å². The number of fused-ring (bicyclic) bond motifs is 1. The first-order valence-corrected chi connectivity index (χ1v) is 7.15. The van der Waals surface area contributed by atoms with Crippen molar-refractivity contribution in [3.05, 3.63) is 17.2 Å². The molecule has 6 heteroatoms. The fourth-order valence-corrected chi connectivity index (χ4v) is 2.63. The molecule has 0 aromatic carbocycles. The minimum absolute atomic E-state index is 0.500. The van der Waals surface area contributed by atoms with E-state index < -0.39 is 0 Å². The SMILES string of the molecule is CCCN(Cc1nc(Cl)c2cnn(C)c2n1)C1CC1. The molecular formula is C13H18ClN5. The van der Waals surface area contributed by atoms with Gasteiger partial charge in [0, 0.05) is 13.1 Å². The Morgan fingerprint density at radius 3 is 2.89 bits per heavy atom. The summed E-state index contributed by atoms with van der Waals surface area (Å²) < 4.78 is 1.74. The fourth-order valence-electron chi connectivity index (χ4n) is 2.40. The van der Waals surface area contributed by atoms with E-state index in [-0.39, 0.29) is 0 Å². The molecule has 0 spiro atoms. The predicted octanol–water partition coefficient (Wildman–Crippen LogP) is 2.39. The van der Waals surface area contributed by atoms with Crippen LogP contribution in [0.3, 0.4) is 0 Å². The van der Waals surface area contributed by atoms with Crippen LogP contribution in [0.15, 0.2) is 6.20 Å². The molecule has 0 saturated heterocycles. The van der Waals surface area contributed by atoms with Crippen LogP contribution in [0.5, 0.6) is 0 Å². The Hall–Kier alpha value is -1.20. The highest BCUT2D eigenvalue weighted by Gasteiger charge is 2.29. The highest BCUT2D eigenvalue weighted by atomic mass is 35.5. The smallest absolute Gasteiger partial charge is 0.162 e. The standard InChI is InChI=1S/C13H18ClN5/c1-3-6-19(9-4-5-9)8-11-16-12(14)10-7-15-18(2)13(10)17-11/h7,9H,3-6,8H2,1-2H3. The van der Waals surface area contributed by atoms with Gasteiger partial charge in [-0.1, -0.05) is 18.5 Å². The van der Waals surface area contributed by atoms with Crippen LogP contribution in [0.2, 0.25) is 5.15 Å². The minimum Gasteiger partial charge on any atom is -0.293 e. The number of hydrogen-bond acceptors (Lipinski definition) is 4. The van der Waals surface area contributed by atoms with E-state index in [1.807, 2.05) is 7.05 Å². The Morgan fingerprint density at radius 2 is 2.21 bits per heavy atom. The van der Waals surface area contributed by atoms with Crippen LogP contribution in [-0.4, -0.2) is 37.2 Å². The van der Waals surface area contributed by atoms with Gasteiger partial charge in [-0.25, -0.2) is 9.97 Å². The maximum Gasteiger partial charge on any atom is 0.162 e. The molecule has 1 saturated carbocycles. The summed E-state index contributed by atoms with van der Waals surface area (Å²) in [5, 5.41) is 5.50. The third-order valence-corrected chi connectivity index (χ3v) is 3.80. The van der Waals surface area contributed by atoms with Crippen molar-refractivity contribution in [2.24, 2.45) is 7.05 Å². The average molecular weight is 280 g/mol. The second-order valence-electron chi connectivity index (χ2n) is 5.14. The highest BCUT2D eigenvalue weighted by Crippen LogP contribution is 2.28. The molecule has 3 rings (SSSR count). The molecule has 1 aliphatic carbocycles. The fraction of sp³-hybridized carbons (Fsp3) is 0.615. The topological polar surface area (TPSA) is 46.8 Å². The summed E-state index contributed by atoms with van der Waals surface area (Å²) in [4.78, 5) is 11.4. The Kier molecular flexibility index (Phi) is 3.41. The van der Waals surface area contributed by atoms with Crippen molar-refractivity contribution in [3.63, 3.8) is 0 Å². The lowest BCUT2D eigenvalue weighted by Gasteiger charge is -2.20. The second-order valence-corrected chi connectivity index (χ2v) is 5.50. The van der Waals surface area contributed by atoms with Gasteiger partial charge in [0.2, 0.25) is 0 Å². The second kappa shape index (κ2) is 5.06. The van der Waals surface area contributed by atoms with Crippen LogP contribution in [0, 0.1) is 0 Å². The van der Waals surface area contributed by atoms with E-state index in [1.165, 1.54) is 12.8 Å². The monoisotopic (exact) mass is 279 g/mol. The van der Waals surface area contributed by atoms with E-state index in [0.29, 0.717) is 11.2 Å². The Balaban J connectivity index is 1.89. The first-order valence-electron chi connectivity index (χ1n) is 6.77. The first kappa shape index (κ1) is 12.8. The number of aryl methyl sites for hydroxylation is 1. The molecule has 102 valence electrons. The van der Waals surface area contributed by atoms with Crippen LogP contribution < -0.4 is 0 Å². The zero-order valence-corrected chi connectivity index (χ0v) is 12.1. The van der Waals surface area contributed by atoms with Gasteiger partial charge in [0.05, 0.1) is 18.1 Å². The molecule has 0 radical (unpaired) electrons. The lowest BCUT2D eigenvalue weighted by molar-refractivity contribution is 0.249. The van der Waals surface area contributed by atoms with Gasteiger partial charge in [-0.15, -0.1) is 0 Å². The largest absolute Gasteiger partial charge is 0.293 e. The number of halogens is 1. The summed E-state index contributed by atoms with van der Waals surface area (Å²) in [5.74, 6) is 0.793. The third-order valence-electron chi connectivity index (χ3n) is 3.51. The summed E-state index contributed by atoms with van der Waals surface area (Å²) >= 11 is 6.21. The quantitative estimate of drug-likeness (QED) is 0.789. The van der Waals surface area contributed by atoms with Crippen LogP contribution in [-0.2, 0) is 13.6 Å². The van der Waals surface area contributed by atoms with E-state index in [1.54, 1.807) is 10.9 Å². The summed E-state index contributed by atoms with van der Waals surface area (Å²) in [6.07, 6.45) is 5.45. The number of hydrogen-bond donors (Lipinski definition) is 0. The zero-order valence-electron chi connectivity index (χ0n) is 11.3. The molecule has 5 nitrogen and oxygen atoms in total. The minimum atomic E-state index is 0.500. The van der Waals surface area contributed by atoms with Crippen LogP contribution in [0.25, 0.3) is 11.0 Å². The molecule has 0 bridgehead atoms. The van der Waals surface area contributed by atoms with Crippen molar-refractivity contribution >= 4 is 22.6 Å². The van der Waals surface area contributed by atoms with Crippen LogP contribution >= 0.6 is 11.6 Å². The number of rotatable bonds is 5. The molecular weight excluding hydrogens is 262 g/mol. The van der Waals surface area contributed by atoms with Crippen LogP contribution in [0.4, 0.5) is 0 Å². The van der Waals surface area contributed by atoms with Crippen molar-refractivity contribution < 1.29 is 0 Å². The normalized spacial score (nSPS) is 15.6. The molecule has 1 aliphatic rings. The van der Waals surface area contributed by atoms with Gasteiger partial charge in [-0.2, -0.15) is 5.10 Å². The molecule has 0 unspecified atom stereocenters. The molecule has 2 aromatic heterocycles. The average Bonchev–Trinajstić information content (AvgIpc) is 3.15. The lowest BCUT2D eigenvalue weighted by Crippen LogP contribution is -2.27. The van der Waals surface area contributed by atoms with Crippen LogP contribution in [0.1, 0.15) is 32.0 Å². The molecule has 2 heterocycles. The van der Waals surface area contributed by atoms with Gasteiger partial charge in [0.15, 0.2) is 5.65 Å². The zero-order chi connectivity index (χ0) is 13.4. The Labute approximate surface area is 117 Å². The van der Waals surface area contributed by atoms with Gasteiger partial charge >= 0.3 is 0 Å². The van der Waals surface area contributed by atoms with E-state index in [4.69, 9.17) is 11.6 Å². The van der Waals surface area contributed by atoms with E-state index in [9.17, 15) is 0 Å². The van der Waals surface area contributed by atoms with Crippen molar-refractivity contribution in [1.82, 2.24) is 24.6 Å². The maximum atomic E-state index is 6.21. The molecule has 0 aliphatic heterocycles. The van der Waals surface area contributed by atoms with E-state index in [2.05, 4.69) is 26.9 Å². The molecule has 19 heavy (non-hydrogen) atoms. The lowest BCUT2D eigenvalue weighted by atomic mass is 10.3. The van der Waals surface area contributed by atoms with E-state index in [0.717, 1.165) is 36.4 Å². The summed E-state index contributed by atoms with van der Waals surface area (Å²) in [7, 11) is 1.88. The van der Waals surface area contributed by atoms with E-state index >= 15 is 0 Å². The summed E-state index contributed by atoms with van der Waals surface area (Å²) in [6, 6.07) is 0.713. The summed E-state index contributed by atoms with van der Waals surface area (Å²) in [5.41, 5.74) is 0.808. The van der Waals surface area contributed by atoms with Gasteiger partial charge in [0.25, 0.3) is 0 Å². The van der Waals surface area contributed by atoms with Crippen molar-refractivity contribution in [2.45, 2.75) is 38.8 Å². The predicted molar refractivity (Wildman–Crippen MR) is 75.0 cm³/mol. The van der Waals surface area contributed by atoms with Gasteiger partial charge < -0.3 is 0 Å². The first-order chi connectivity index (χ1) is 9.19. The van der Waals surface area contributed by atoms with Gasteiger partial charge in [-0.05, 0) is 25.8 Å². The number of aromatic nitrogens is 4. The maximum absolute atomic E-state index is 6.21. The summed E-state index contributed by atoms with van der Waals surface area (Å²) in [6.45, 7) is 4.07. The Morgan fingerprint density at radius 1 is 1.42 bits per heavy atom. The molecule has 2 aromatic rings. The molecule has 0 atom stereocenters. The van der Waals surface area contributed by atoms with Gasteiger partial charge in [-0.3, -0.25) is 9.58 Å². The molecule has 0 amide bonds. The molecule has 0 N–H and O–H groups in total. The highest BCUT2D eigenvalue weighted by molar-refractivity contribution is 6.33. The van der Waals surface area contributed by atoms with Crippen molar-refractivity contribution in [1.29, 1.82) is 0 Å². The Bertz CT molecular complexity index is 590.